The highest BCUT2D eigenvalue weighted by Gasteiger charge is 2.13. The van der Waals surface area contributed by atoms with Crippen LogP contribution in [0.3, 0.4) is 0 Å². The second-order valence-corrected chi connectivity index (χ2v) is 10.7. The zero-order valence-corrected chi connectivity index (χ0v) is 24.2. The van der Waals surface area contributed by atoms with E-state index in [0.29, 0.717) is 13.2 Å². The summed E-state index contributed by atoms with van der Waals surface area (Å²) >= 11 is 0. The fraction of sp³-hybridized carbons (Fsp3) is 0.0500. The normalized spacial score (nSPS) is 10.9. The lowest BCUT2D eigenvalue weighted by Gasteiger charge is -2.10. The molecular weight excluding hydrogens is 540 g/mol. The van der Waals surface area contributed by atoms with Crippen LogP contribution in [0, 0.1) is 0 Å². The van der Waals surface area contributed by atoms with Crippen LogP contribution in [0.4, 0.5) is 0 Å². The molecule has 0 aliphatic carbocycles. The quantitative estimate of drug-likeness (QED) is 0.171. The van der Waals surface area contributed by atoms with Crippen molar-refractivity contribution in [2.45, 2.75) is 13.2 Å². The average Bonchev–Trinajstić information content (AvgIpc) is 3.79. The SMILES string of the molecule is c1ccc(COc2ccccc2-c2c[nH]c(-c3cccc(-c4cc(-c5ccccc5OCc5ccccc5)c[nH]4)c3)c2)cc1. The first-order valence-corrected chi connectivity index (χ1v) is 14.8. The Morgan fingerprint density at radius 1 is 0.386 bits per heavy atom. The summed E-state index contributed by atoms with van der Waals surface area (Å²) in [6, 6.07) is 49.8. The van der Waals surface area contributed by atoms with Crippen molar-refractivity contribution in [2.24, 2.45) is 0 Å². The number of hydrogen-bond acceptors (Lipinski definition) is 2. The Balaban J connectivity index is 1.10. The van der Waals surface area contributed by atoms with Crippen LogP contribution in [0.15, 0.2) is 158 Å². The molecule has 0 aliphatic rings. The van der Waals surface area contributed by atoms with Crippen molar-refractivity contribution in [3.05, 3.63) is 169 Å². The van der Waals surface area contributed by atoms with E-state index in [4.69, 9.17) is 9.47 Å². The largest absolute Gasteiger partial charge is 0.488 e. The zero-order valence-electron chi connectivity index (χ0n) is 24.2. The molecule has 0 unspecified atom stereocenters. The maximum atomic E-state index is 6.23. The molecule has 2 N–H and O–H groups in total. The summed E-state index contributed by atoms with van der Waals surface area (Å²) in [5, 5.41) is 0. The first-order valence-electron chi connectivity index (χ1n) is 14.8. The van der Waals surface area contributed by atoms with Crippen LogP contribution < -0.4 is 9.47 Å². The summed E-state index contributed by atoms with van der Waals surface area (Å²) < 4.78 is 12.5. The molecule has 7 rings (SSSR count). The number of aromatic amines is 2. The number of nitrogens with one attached hydrogen (secondary N) is 2. The van der Waals surface area contributed by atoms with E-state index in [1.807, 2.05) is 85.2 Å². The van der Waals surface area contributed by atoms with Crippen molar-refractivity contribution >= 4 is 0 Å². The van der Waals surface area contributed by atoms with Gasteiger partial charge in [-0.2, -0.15) is 0 Å². The predicted molar refractivity (Wildman–Crippen MR) is 178 cm³/mol. The monoisotopic (exact) mass is 572 g/mol. The Bertz CT molecular complexity index is 1830. The molecule has 2 aromatic heterocycles. The fourth-order valence-corrected chi connectivity index (χ4v) is 5.42. The lowest BCUT2D eigenvalue weighted by atomic mass is 10.0. The average molecular weight is 573 g/mol. The fourth-order valence-electron chi connectivity index (χ4n) is 5.42. The van der Waals surface area contributed by atoms with E-state index in [-0.39, 0.29) is 0 Å². The molecule has 0 fully saturated rings. The Labute approximate surface area is 257 Å². The van der Waals surface area contributed by atoms with E-state index in [0.717, 1.165) is 67.4 Å². The molecule has 0 spiro atoms. The minimum atomic E-state index is 0.527. The molecule has 7 aromatic rings. The van der Waals surface area contributed by atoms with Crippen LogP contribution in [0.2, 0.25) is 0 Å². The summed E-state index contributed by atoms with van der Waals surface area (Å²) in [6.45, 7) is 1.05. The van der Waals surface area contributed by atoms with Gasteiger partial charge in [0.15, 0.2) is 0 Å². The number of rotatable bonds is 10. The smallest absolute Gasteiger partial charge is 0.127 e. The highest BCUT2D eigenvalue weighted by molar-refractivity contribution is 5.79. The van der Waals surface area contributed by atoms with Crippen LogP contribution in [0.1, 0.15) is 11.1 Å². The highest BCUT2D eigenvalue weighted by Crippen LogP contribution is 2.36. The van der Waals surface area contributed by atoms with Gasteiger partial charge in [-0.15, -0.1) is 0 Å². The van der Waals surface area contributed by atoms with Gasteiger partial charge in [-0.3, -0.25) is 0 Å². The van der Waals surface area contributed by atoms with Crippen molar-refractivity contribution in [2.75, 3.05) is 0 Å². The van der Waals surface area contributed by atoms with E-state index in [9.17, 15) is 0 Å². The van der Waals surface area contributed by atoms with Gasteiger partial charge in [-0.05, 0) is 52.6 Å². The minimum absolute atomic E-state index is 0.527. The summed E-state index contributed by atoms with van der Waals surface area (Å²) in [5.41, 5.74) is 10.9. The van der Waals surface area contributed by atoms with Gasteiger partial charge in [0.2, 0.25) is 0 Å². The second kappa shape index (κ2) is 12.6. The Morgan fingerprint density at radius 3 is 1.30 bits per heavy atom. The van der Waals surface area contributed by atoms with Crippen LogP contribution in [0.25, 0.3) is 44.8 Å². The van der Waals surface area contributed by atoms with E-state index in [1.54, 1.807) is 0 Å². The van der Waals surface area contributed by atoms with Gasteiger partial charge in [0.05, 0.1) is 0 Å². The van der Waals surface area contributed by atoms with Gasteiger partial charge in [-0.1, -0.05) is 115 Å². The highest BCUT2D eigenvalue weighted by atomic mass is 16.5. The third-order valence-electron chi connectivity index (χ3n) is 7.72. The Kier molecular flexibility index (Phi) is 7.79. The maximum absolute atomic E-state index is 6.23. The molecule has 0 saturated heterocycles. The van der Waals surface area contributed by atoms with Crippen molar-refractivity contribution in [1.29, 1.82) is 0 Å². The summed E-state index contributed by atoms with van der Waals surface area (Å²) in [6.07, 6.45) is 4.09. The Hall–Kier alpha value is -5.74. The first kappa shape index (κ1) is 27.1. The molecule has 4 heteroatoms. The van der Waals surface area contributed by atoms with E-state index >= 15 is 0 Å². The molecule has 0 saturated carbocycles. The second-order valence-electron chi connectivity index (χ2n) is 10.7. The van der Waals surface area contributed by atoms with Crippen molar-refractivity contribution in [3.63, 3.8) is 0 Å². The van der Waals surface area contributed by atoms with Gasteiger partial charge >= 0.3 is 0 Å². The van der Waals surface area contributed by atoms with E-state index in [2.05, 4.69) is 82.8 Å². The van der Waals surface area contributed by atoms with Gasteiger partial charge < -0.3 is 19.4 Å². The molecule has 0 atom stereocenters. The van der Waals surface area contributed by atoms with E-state index < -0.39 is 0 Å². The van der Waals surface area contributed by atoms with Crippen LogP contribution in [0.5, 0.6) is 11.5 Å². The topological polar surface area (TPSA) is 50.0 Å². The number of benzene rings is 5. The first-order chi connectivity index (χ1) is 21.8. The van der Waals surface area contributed by atoms with Gasteiger partial charge in [0.25, 0.3) is 0 Å². The van der Waals surface area contributed by atoms with Crippen molar-refractivity contribution < 1.29 is 9.47 Å². The van der Waals surface area contributed by atoms with Gasteiger partial charge in [0.1, 0.15) is 24.7 Å². The standard InChI is InChI=1S/C40H32N2O2/c1-3-12-29(13-4-1)27-43-39-20-9-7-18-35(39)33-23-37(41-25-33)31-16-11-17-32(22-31)38-24-34(26-42-38)36-19-8-10-21-40(36)44-28-30-14-5-2-6-15-30/h1-26,41-42H,27-28H2. The molecule has 0 radical (unpaired) electrons. The van der Waals surface area contributed by atoms with Gasteiger partial charge in [0, 0.05) is 46.0 Å². The summed E-state index contributed by atoms with van der Waals surface area (Å²) in [4.78, 5) is 6.97. The van der Waals surface area contributed by atoms with Gasteiger partial charge in [-0.25, -0.2) is 0 Å². The number of ether oxygens (including phenoxy) is 2. The summed E-state index contributed by atoms with van der Waals surface area (Å²) in [5.74, 6) is 1.73. The Morgan fingerprint density at radius 2 is 0.818 bits per heavy atom. The van der Waals surface area contributed by atoms with Crippen LogP contribution in [-0.4, -0.2) is 9.97 Å². The molecule has 44 heavy (non-hydrogen) atoms. The van der Waals surface area contributed by atoms with Crippen molar-refractivity contribution in [3.8, 4) is 56.3 Å². The molecule has 5 aromatic carbocycles. The molecule has 2 heterocycles. The van der Waals surface area contributed by atoms with Crippen LogP contribution >= 0.6 is 0 Å². The lowest BCUT2D eigenvalue weighted by molar-refractivity contribution is 0.307. The molecule has 0 bridgehead atoms. The molecule has 0 aliphatic heterocycles. The minimum Gasteiger partial charge on any atom is -0.488 e. The zero-order chi connectivity index (χ0) is 29.6. The van der Waals surface area contributed by atoms with Crippen LogP contribution in [-0.2, 0) is 13.2 Å². The molecule has 4 nitrogen and oxygen atoms in total. The predicted octanol–water partition coefficient (Wildman–Crippen LogP) is 10.2. The number of H-pyrrole nitrogens is 2. The summed E-state index contributed by atoms with van der Waals surface area (Å²) in [7, 11) is 0. The lowest BCUT2D eigenvalue weighted by Crippen LogP contribution is -1.96. The molecular formula is C40H32N2O2. The number of para-hydroxylation sites is 2. The van der Waals surface area contributed by atoms with E-state index in [1.165, 1.54) is 0 Å². The maximum Gasteiger partial charge on any atom is 0.127 e. The number of hydrogen-bond donors (Lipinski definition) is 2. The third-order valence-corrected chi connectivity index (χ3v) is 7.72. The molecule has 0 amide bonds. The molecule has 214 valence electrons. The van der Waals surface area contributed by atoms with Crippen molar-refractivity contribution in [1.82, 2.24) is 9.97 Å². The third kappa shape index (κ3) is 6.06. The number of aromatic nitrogens is 2.